The first-order valence-corrected chi connectivity index (χ1v) is 9.62. The van der Waals surface area contributed by atoms with Gasteiger partial charge >= 0.3 is 11.9 Å². The Bertz CT molecular complexity index is 968. The molecule has 0 saturated heterocycles. The molecule has 0 fully saturated rings. The van der Waals surface area contributed by atoms with Crippen molar-refractivity contribution in [1.82, 2.24) is 0 Å². The molecule has 6 nitrogen and oxygen atoms in total. The van der Waals surface area contributed by atoms with E-state index in [2.05, 4.69) is 15.9 Å². The van der Waals surface area contributed by atoms with Gasteiger partial charge in [0.25, 0.3) is 0 Å². The number of aryl methyl sites for hydroxylation is 2. The molecule has 0 aliphatic heterocycles. The predicted molar refractivity (Wildman–Crippen MR) is 111 cm³/mol. The van der Waals surface area contributed by atoms with E-state index in [4.69, 9.17) is 19.5 Å². The summed E-state index contributed by atoms with van der Waals surface area (Å²) in [5, 5.41) is 9.12. The van der Waals surface area contributed by atoms with Gasteiger partial charge in [0.1, 0.15) is 23.1 Å². The summed E-state index contributed by atoms with van der Waals surface area (Å²) in [7, 11) is 0. The van der Waals surface area contributed by atoms with Crippen LogP contribution in [0.15, 0.2) is 46.4 Å². The highest BCUT2D eigenvalue weighted by Gasteiger charge is 2.12. The van der Waals surface area contributed by atoms with Crippen molar-refractivity contribution in [3.05, 3.63) is 63.1 Å². The Morgan fingerprint density at radius 1 is 1.17 bits per heavy atom. The summed E-state index contributed by atoms with van der Waals surface area (Å²) in [5.74, 6) is -0.363. The Kier molecular flexibility index (Phi) is 7.98. The standard InChI is InChI=1S/C22H20BrNO5/c1-4-27-22(26)17(12-24)10-16-6-5-7-19(11-16)29-20(25)13-28-21-14(2)8-18(23)9-15(21)3/h5-11H,4,13H2,1-3H3/b17-10+. The minimum atomic E-state index is -0.703. The van der Waals surface area contributed by atoms with Gasteiger partial charge in [0.05, 0.1) is 6.61 Å². The molecule has 2 aromatic rings. The molecule has 0 N–H and O–H groups in total. The third kappa shape index (κ3) is 6.47. The lowest BCUT2D eigenvalue weighted by Gasteiger charge is -2.12. The Hall–Kier alpha value is -3.11. The number of carbonyl (C=O) groups excluding carboxylic acids is 2. The number of benzene rings is 2. The fourth-order valence-corrected chi connectivity index (χ4v) is 3.28. The number of nitrogens with zero attached hydrogens (tertiary/aromatic N) is 1. The minimum Gasteiger partial charge on any atom is -0.481 e. The Morgan fingerprint density at radius 3 is 2.48 bits per heavy atom. The summed E-state index contributed by atoms with van der Waals surface area (Å²) in [6.07, 6.45) is 1.38. The lowest BCUT2D eigenvalue weighted by Crippen LogP contribution is -2.18. The van der Waals surface area contributed by atoms with E-state index in [9.17, 15) is 9.59 Å². The van der Waals surface area contributed by atoms with Gasteiger partial charge in [0.2, 0.25) is 0 Å². The van der Waals surface area contributed by atoms with Crippen LogP contribution in [0.5, 0.6) is 11.5 Å². The van der Waals surface area contributed by atoms with Gasteiger partial charge in [0.15, 0.2) is 6.61 Å². The van der Waals surface area contributed by atoms with Crippen molar-refractivity contribution in [3.8, 4) is 17.6 Å². The van der Waals surface area contributed by atoms with E-state index < -0.39 is 11.9 Å². The SMILES string of the molecule is CCOC(=O)/C(C#N)=C/c1cccc(OC(=O)COc2c(C)cc(Br)cc2C)c1. The molecule has 0 amide bonds. The normalized spacial score (nSPS) is 10.8. The van der Waals surface area contributed by atoms with Crippen LogP contribution < -0.4 is 9.47 Å². The molecule has 0 saturated carbocycles. The van der Waals surface area contributed by atoms with Gasteiger partial charge in [-0.3, -0.25) is 0 Å². The highest BCUT2D eigenvalue weighted by molar-refractivity contribution is 9.10. The van der Waals surface area contributed by atoms with Crippen molar-refractivity contribution in [3.63, 3.8) is 0 Å². The van der Waals surface area contributed by atoms with Crippen LogP contribution >= 0.6 is 15.9 Å². The molecule has 0 unspecified atom stereocenters. The van der Waals surface area contributed by atoms with Crippen LogP contribution in [0.25, 0.3) is 6.08 Å². The van der Waals surface area contributed by atoms with E-state index in [1.165, 1.54) is 6.08 Å². The molecule has 0 spiro atoms. The number of halogens is 1. The second kappa shape index (κ2) is 10.4. The number of esters is 2. The monoisotopic (exact) mass is 457 g/mol. The molecule has 0 radical (unpaired) electrons. The molecule has 150 valence electrons. The highest BCUT2D eigenvalue weighted by atomic mass is 79.9. The molecule has 2 aromatic carbocycles. The van der Waals surface area contributed by atoms with Crippen LogP contribution in [0, 0.1) is 25.2 Å². The Labute approximate surface area is 177 Å². The molecule has 0 aromatic heterocycles. The van der Waals surface area contributed by atoms with E-state index in [1.54, 1.807) is 37.3 Å². The van der Waals surface area contributed by atoms with E-state index in [0.29, 0.717) is 11.3 Å². The van der Waals surface area contributed by atoms with Gasteiger partial charge in [-0.15, -0.1) is 0 Å². The average molecular weight is 458 g/mol. The summed E-state index contributed by atoms with van der Waals surface area (Å²) >= 11 is 3.42. The predicted octanol–water partition coefficient (Wildman–Crippen LogP) is 4.52. The van der Waals surface area contributed by atoms with E-state index in [0.717, 1.165) is 15.6 Å². The number of nitriles is 1. The number of hydrogen-bond donors (Lipinski definition) is 0. The minimum absolute atomic E-state index is 0.139. The van der Waals surface area contributed by atoms with Crippen molar-refractivity contribution in [1.29, 1.82) is 5.26 Å². The number of carbonyl (C=O) groups is 2. The summed E-state index contributed by atoms with van der Waals surface area (Å²) in [6.45, 7) is 5.36. The Morgan fingerprint density at radius 2 is 1.86 bits per heavy atom. The zero-order valence-electron chi connectivity index (χ0n) is 16.3. The lowest BCUT2D eigenvalue weighted by molar-refractivity contribution is -0.138. The molecular formula is C22H20BrNO5. The van der Waals surface area contributed by atoms with Gasteiger partial charge in [-0.05, 0) is 67.8 Å². The first-order valence-electron chi connectivity index (χ1n) is 8.83. The van der Waals surface area contributed by atoms with Crippen LogP contribution in [-0.2, 0) is 14.3 Å². The second-order valence-corrected chi connectivity index (χ2v) is 7.01. The molecule has 0 aliphatic carbocycles. The molecule has 0 heterocycles. The van der Waals surface area contributed by atoms with E-state index >= 15 is 0 Å². The zero-order chi connectivity index (χ0) is 21.4. The summed E-state index contributed by atoms with van der Waals surface area (Å²) in [4.78, 5) is 23.9. The molecule has 29 heavy (non-hydrogen) atoms. The van der Waals surface area contributed by atoms with Gasteiger partial charge < -0.3 is 14.2 Å². The largest absolute Gasteiger partial charge is 0.481 e. The Balaban J connectivity index is 2.06. The molecule has 2 rings (SSSR count). The smallest absolute Gasteiger partial charge is 0.349 e. The quantitative estimate of drug-likeness (QED) is 0.263. The number of rotatable bonds is 7. The van der Waals surface area contributed by atoms with Gasteiger partial charge in [-0.1, -0.05) is 28.1 Å². The molecule has 0 atom stereocenters. The van der Waals surface area contributed by atoms with Crippen molar-refractivity contribution in [2.24, 2.45) is 0 Å². The number of ether oxygens (including phenoxy) is 3. The maximum Gasteiger partial charge on any atom is 0.349 e. The van der Waals surface area contributed by atoms with Gasteiger partial charge in [-0.25, -0.2) is 9.59 Å². The third-order valence-corrected chi connectivity index (χ3v) is 4.23. The molecule has 0 bridgehead atoms. The van der Waals surface area contributed by atoms with Gasteiger partial charge in [-0.2, -0.15) is 5.26 Å². The van der Waals surface area contributed by atoms with Crippen molar-refractivity contribution in [2.45, 2.75) is 20.8 Å². The van der Waals surface area contributed by atoms with Crippen LogP contribution in [0.2, 0.25) is 0 Å². The highest BCUT2D eigenvalue weighted by Crippen LogP contribution is 2.27. The summed E-state index contributed by atoms with van der Waals surface area (Å²) in [6, 6.07) is 12.1. The zero-order valence-corrected chi connectivity index (χ0v) is 17.9. The maximum atomic E-state index is 12.2. The van der Waals surface area contributed by atoms with Crippen molar-refractivity contribution >= 4 is 33.9 Å². The summed E-state index contributed by atoms with van der Waals surface area (Å²) < 4.78 is 16.7. The van der Waals surface area contributed by atoms with E-state index in [-0.39, 0.29) is 24.5 Å². The second-order valence-electron chi connectivity index (χ2n) is 6.09. The van der Waals surface area contributed by atoms with Gasteiger partial charge in [0, 0.05) is 4.47 Å². The molecule has 0 aliphatic rings. The fraction of sp³-hybridized carbons (Fsp3) is 0.227. The van der Waals surface area contributed by atoms with Crippen LogP contribution in [0.1, 0.15) is 23.6 Å². The first-order chi connectivity index (χ1) is 13.8. The third-order valence-electron chi connectivity index (χ3n) is 3.78. The topological polar surface area (TPSA) is 85.6 Å². The average Bonchev–Trinajstić information content (AvgIpc) is 2.65. The molecular weight excluding hydrogens is 438 g/mol. The van der Waals surface area contributed by atoms with Crippen LogP contribution in [0.4, 0.5) is 0 Å². The fourth-order valence-electron chi connectivity index (χ4n) is 2.60. The van der Waals surface area contributed by atoms with Crippen LogP contribution in [0.3, 0.4) is 0 Å². The number of hydrogen-bond acceptors (Lipinski definition) is 6. The van der Waals surface area contributed by atoms with Crippen LogP contribution in [-0.4, -0.2) is 25.2 Å². The lowest BCUT2D eigenvalue weighted by atomic mass is 10.1. The van der Waals surface area contributed by atoms with E-state index in [1.807, 2.05) is 26.0 Å². The van der Waals surface area contributed by atoms with Crippen molar-refractivity contribution in [2.75, 3.05) is 13.2 Å². The summed E-state index contributed by atoms with van der Waals surface area (Å²) in [5.41, 5.74) is 2.19. The van der Waals surface area contributed by atoms with Crippen molar-refractivity contribution < 1.29 is 23.8 Å². The molecule has 7 heteroatoms. The maximum absolute atomic E-state index is 12.2. The first kappa shape index (κ1) is 22.2.